The fourth-order valence-corrected chi connectivity index (χ4v) is 2.17. The first-order valence-corrected chi connectivity index (χ1v) is 7.71. The molecule has 0 aliphatic heterocycles. The first-order valence-electron chi connectivity index (χ1n) is 7.71. The monoisotopic (exact) mass is 323 g/mol. The van der Waals surface area contributed by atoms with Gasteiger partial charge in [0.2, 0.25) is 0 Å². The van der Waals surface area contributed by atoms with Crippen molar-refractivity contribution in [2.45, 2.75) is 6.61 Å². The van der Waals surface area contributed by atoms with Gasteiger partial charge in [-0.3, -0.25) is 9.59 Å². The molecule has 0 heterocycles. The van der Waals surface area contributed by atoms with Crippen LogP contribution in [0.2, 0.25) is 0 Å². The van der Waals surface area contributed by atoms with Crippen LogP contribution in [0, 0.1) is 0 Å². The average molecular weight is 323 g/mol. The average Bonchev–Trinajstić information content (AvgIpc) is 2.60. The van der Waals surface area contributed by atoms with Crippen molar-refractivity contribution in [1.29, 1.82) is 0 Å². The van der Waals surface area contributed by atoms with Crippen molar-refractivity contribution >= 4 is 11.6 Å². The van der Waals surface area contributed by atoms with Crippen LogP contribution in [0.25, 0.3) is 0 Å². The first-order chi connectivity index (χ1) is 11.6. The van der Waals surface area contributed by atoms with E-state index in [0.717, 1.165) is 5.56 Å². The molecule has 0 fully saturated rings. The predicted molar refractivity (Wildman–Crippen MR) is 93.6 cm³/mol. The Morgan fingerprint density at radius 3 is 2.12 bits per heavy atom. The Morgan fingerprint density at radius 2 is 1.54 bits per heavy atom. The number of hydrogen-bond acceptors (Lipinski definition) is 4. The number of carbonyl (C=O) groups is 2. The molecule has 0 unspecified atom stereocenters. The number of benzene rings is 2. The molecule has 0 radical (unpaired) electrons. The second kappa shape index (κ2) is 8.79. The SMILES string of the molecule is CN(C)C=C(C(=O)COCc1ccccc1)C(=O)c1ccccc1. The van der Waals surface area contributed by atoms with Crippen molar-refractivity contribution in [2.24, 2.45) is 0 Å². The summed E-state index contributed by atoms with van der Waals surface area (Å²) in [4.78, 5) is 26.7. The van der Waals surface area contributed by atoms with Crippen LogP contribution >= 0.6 is 0 Å². The van der Waals surface area contributed by atoms with Crippen molar-refractivity contribution in [1.82, 2.24) is 4.90 Å². The van der Waals surface area contributed by atoms with Gasteiger partial charge in [-0.05, 0) is 5.56 Å². The van der Waals surface area contributed by atoms with Crippen molar-refractivity contribution < 1.29 is 14.3 Å². The van der Waals surface area contributed by atoms with Crippen LogP contribution in [0.4, 0.5) is 0 Å². The van der Waals surface area contributed by atoms with Crippen molar-refractivity contribution in [3.05, 3.63) is 83.6 Å². The quantitative estimate of drug-likeness (QED) is 0.324. The summed E-state index contributed by atoms with van der Waals surface area (Å²) in [5.41, 5.74) is 1.60. The van der Waals surface area contributed by atoms with E-state index in [0.29, 0.717) is 12.2 Å². The number of rotatable bonds is 8. The Balaban J connectivity index is 2.05. The maximum atomic E-state index is 12.6. The summed E-state index contributed by atoms with van der Waals surface area (Å²) in [5.74, 6) is -0.619. The van der Waals surface area contributed by atoms with E-state index in [9.17, 15) is 9.59 Å². The molecule has 24 heavy (non-hydrogen) atoms. The number of Topliss-reactive ketones (excluding diaryl/α,β-unsaturated/α-hetero) is 2. The molecule has 2 rings (SSSR count). The lowest BCUT2D eigenvalue weighted by Crippen LogP contribution is -2.21. The van der Waals surface area contributed by atoms with Crippen LogP contribution in [0.5, 0.6) is 0 Å². The zero-order valence-corrected chi connectivity index (χ0v) is 13.9. The third-order valence-corrected chi connectivity index (χ3v) is 3.31. The molecule has 0 aliphatic rings. The maximum Gasteiger partial charge on any atom is 0.198 e. The lowest BCUT2D eigenvalue weighted by molar-refractivity contribution is -0.120. The largest absolute Gasteiger partial charge is 0.383 e. The van der Waals surface area contributed by atoms with Gasteiger partial charge in [-0.25, -0.2) is 0 Å². The van der Waals surface area contributed by atoms with E-state index in [-0.39, 0.29) is 23.7 Å². The number of ether oxygens (including phenoxy) is 1. The second-order valence-electron chi connectivity index (χ2n) is 5.60. The Hall–Kier alpha value is -2.72. The lowest BCUT2D eigenvalue weighted by atomic mass is 10.0. The predicted octanol–water partition coefficient (Wildman–Crippen LogP) is 3.10. The van der Waals surface area contributed by atoms with Gasteiger partial charge in [0.15, 0.2) is 11.6 Å². The molecule has 2 aromatic rings. The summed E-state index contributed by atoms with van der Waals surface area (Å²) in [6, 6.07) is 18.4. The van der Waals surface area contributed by atoms with Crippen LogP contribution in [0.1, 0.15) is 15.9 Å². The topological polar surface area (TPSA) is 46.6 Å². The minimum absolute atomic E-state index is 0.124. The van der Waals surface area contributed by atoms with Crippen molar-refractivity contribution in [3.63, 3.8) is 0 Å². The van der Waals surface area contributed by atoms with Crippen LogP contribution in [-0.2, 0) is 16.1 Å². The number of hydrogen-bond donors (Lipinski definition) is 0. The molecule has 2 aromatic carbocycles. The fraction of sp³-hybridized carbons (Fsp3) is 0.200. The third kappa shape index (κ3) is 5.18. The van der Waals surface area contributed by atoms with E-state index in [4.69, 9.17) is 4.74 Å². The van der Waals surface area contributed by atoms with E-state index >= 15 is 0 Å². The Labute approximate surface area is 142 Å². The highest BCUT2D eigenvalue weighted by Gasteiger charge is 2.20. The highest BCUT2D eigenvalue weighted by molar-refractivity contribution is 6.26. The highest BCUT2D eigenvalue weighted by atomic mass is 16.5. The first kappa shape index (κ1) is 17.6. The summed E-state index contributed by atoms with van der Waals surface area (Å²) in [7, 11) is 3.55. The van der Waals surface area contributed by atoms with Gasteiger partial charge in [-0.2, -0.15) is 0 Å². The van der Waals surface area contributed by atoms with Crippen molar-refractivity contribution in [3.8, 4) is 0 Å². The number of nitrogens with zero attached hydrogens (tertiary/aromatic N) is 1. The summed E-state index contributed by atoms with van der Waals surface area (Å²) >= 11 is 0. The van der Waals surface area contributed by atoms with E-state index in [2.05, 4.69) is 0 Å². The van der Waals surface area contributed by atoms with Gasteiger partial charge in [0.1, 0.15) is 6.61 Å². The van der Waals surface area contributed by atoms with Gasteiger partial charge in [-0.1, -0.05) is 60.7 Å². The molecular formula is C20H21NO3. The molecule has 0 aromatic heterocycles. The highest BCUT2D eigenvalue weighted by Crippen LogP contribution is 2.11. The molecule has 0 saturated heterocycles. The molecule has 0 N–H and O–H groups in total. The number of ketones is 2. The minimum Gasteiger partial charge on any atom is -0.383 e. The lowest BCUT2D eigenvalue weighted by Gasteiger charge is -2.11. The Kier molecular flexibility index (Phi) is 6.46. The molecule has 124 valence electrons. The molecule has 0 bridgehead atoms. The normalized spacial score (nSPS) is 11.2. The van der Waals surface area contributed by atoms with Crippen molar-refractivity contribution in [2.75, 3.05) is 20.7 Å². The Morgan fingerprint density at radius 1 is 0.958 bits per heavy atom. The van der Waals surface area contributed by atoms with Crippen LogP contribution in [0.15, 0.2) is 72.4 Å². The standard InChI is InChI=1S/C20H21NO3/c1-21(2)13-18(20(23)17-11-7-4-8-12-17)19(22)15-24-14-16-9-5-3-6-10-16/h3-13H,14-15H2,1-2H3. The molecule has 0 spiro atoms. The van der Waals surface area contributed by atoms with Gasteiger partial charge in [0, 0.05) is 25.9 Å². The van der Waals surface area contributed by atoms with Gasteiger partial charge in [-0.15, -0.1) is 0 Å². The summed E-state index contributed by atoms with van der Waals surface area (Å²) < 4.78 is 5.47. The molecular weight excluding hydrogens is 302 g/mol. The molecule has 0 aliphatic carbocycles. The molecule has 4 nitrogen and oxygen atoms in total. The van der Waals surface area contributed by atoms with Gasteiger partial charge < -0.3 is 9.64 Å². The Bertz CT molecular complexity index is 706. The summed E-state index contributed by atoms with van der Waals surface area (Å²) in [5, 5.41) is 0. The minimum atomic E-state index is -0.325. The third-order valence-electron chi connectivity index (χ3n) is 3.31. The smallest absolute Gasteiger partial charge is 0.198 e. The maximum absolute atomic E-state index is 12.6. The van der Waals surface area contributed by atoms with E-state index in [1.807, 2.05) is 36.4 Å². The molecule has 4 heteroatoms. The summed E-state index contributed by atoms with van der Waals surface area (Å²) in [6.45, 7) is 0.203. The van der Waals surface area contributed by atoms with Crippen LogP contribution in [-0.4, -0.2) is 37.2 Å². The van der Waals surface area contributed by atoms with E-state index < -0.39 is 0 Å². The fourth-order valence-electron chi connectivity index (χ4n) is 2.17. The molecule has 0 atom stereocenters. The van der Waals surface area contributed by atoms with Crippen LogP contribution in [0.3, 0.4) is 0 Å². The molecule has 0 amide bonds. The number of carbonyl (C=O) groups excluding carboxylic acids is 2. The zero-order chi connectivity index (χ0) is 17.4. The zero-order valence-electron chi connectivity index (χ0n) is 13.9. The second-order valence-corrected chi connectivity index (χ2v) is 5.60. The van der Waals surface area contributed by atoms with E-state index in [1.165, 1.54) is 0 Å². The summed E-state index contributed by atoms with van der Waals surface area (Å²) in [6.07, 6.45) is 1.55. The van der Waals surface area contributed by atoms with Gasteiger partial charge in [0.25, 0.3) is 0 Å². The molecule has 0 saturated carbocycles. The van der Waals surface area contributed by atoms with E-state index in [1.54, 1.807) is 49.5 Å². The van der Waals surface area contributed by atoms with Crippen LogP contribution < -0.4 is 0 Å². The van der Waals surface area contributed by atoms with Gasteiger partial charge in [0.05, 0.1) is 12.2 Å². The van der Waals surface area contributed by atoms with Gasteiger partial charge >= 0.3 is 0 Å².